The minimum atomic E-state index is -0.243. The molecule has 0 saturated heterocycles. The number of fused-ring (bicyclic) bond motifs is 1. The van der Waals surface area contributed by atoms with Crippen molar-refractivity contribution in [2.45, 2.75) is 10.9 Å². The average Bonchev–Trinajstić information content (AvgIpc) is 3.04. The van der Waals surface area contributed by atoms with Crippen LogP contribution in [0, 0.1) is 5.92 Å². The summed E-state index contributed by atoms with van der Waals surface area (Å²) in [5, 5.41) is 2.86. The Morgan fingerprint density at radius 3 is 3.05 bits per heavy atom. The zero-order valence-electron chi connectivity index (χ0n) is 9.71. The monoisotopic (exact) mass is 313 g/mol. The molecule has 0 aromatic carbocycles. The van der Waals surface area contributed by atoms with E-state index in [1.54, 1.807) is 11.3 Å². The van der Waals surface area contributed by atoms with Gasteiger partial charge in [0.1, 0.15) is 0 Å². The number of carbonyl (C=O) groups excluding carboxylic acids is 1. The number of carbonyl (C=O) groups is 1. The lowest BCUT2D eigenvalue weighted by Crippen LogP contribution is -2.40. The van der Waals surface area contributed by atoms with Crippen molar-refractivity contribution in [1.29, 1.82) is 0 Å². The van der Waals surface area contributed by atoms with E-state index in [2.05, 4.69) is 10.4 Å². The number of hydrogen-bond acceptors (Lipinski definition) is 6. The zero-order valence-corrected chi connectivity index (χ0v) is 12.2. The summed E-state index contributed by atoms with van der Waals surface area (Å²) in [5.41, 5.74) is 2.23. The summed E-state index contributed by atoms with van der Waals surface area (Å²) in [6.45, 7) is 0. The minimum absolute atomic E-state index is 0.0761. The summed E-state index contributed by atoms with van der Waals surface area (Å²) in [6, 6.07) is 3.95. The van der Waals surface area contributed by atoms with Crippen LogP contribution < -0.4 is 16.1 Å². The summed E-state index contributed by atoms with van der Waals surface area (Å²) in [7, 11) is 0. The van der Waals surface area contributed by atoms with Crippen LogP contribution >= 0.6 is 34.4 Å². The molecule has 5 nitrogen and oxygen atoms in total. The van der Waals surface area contributed by atoms with Gasteiger partial charge in [0, 0.05) is 21.4 Å². The molecule has 19 heavy (non-hydrogen) atoms. The molecule has 0 radical (unpaired) electrons. The molecule has 1 aliphatic rings. The topological polar surface area (TPSA) is 88.0 Å². The van der Waals surface area contributed by atoms with E-state index in [-0.39, 0.29) is 22.6 Å². The first-order valence-corrected chi connectivity index (χ1v) is 8.28. The van der Waals surface area contributed by atoms with E-state index in [9.17, 15) is 9.59 Å². The van der Waals surface area contributed by atoms with Crippen LogP contribution in [-0.2, 0) is 4.79 Å². The Hall–Kier alpha value is -1.09. The average molecular weight is 313 g/mol. The second-order valence-corrected chi connectivity index (χ2v) is 7.15. The normalized spacial score (nSPS) is 21.9. The summed E-state index contributed by atoms with van der Waals surface area (Å²) in [4.78, 5) is 28.3. The Balaban J connectivity index is 2.10. The van der Waals surface area contributed by atoms with E-state index in [1.165, 1.54) is 23.1 Å². The molecule has 0 bridgehead atoms. The van der Waals surface area contributed by atoms with E-state index in [0.717, 1.165) is 14.8 Å². The number of rotatable bonds is 2. The van der Waals surface area contributed by atoms with Gasteiger partial charge in [-0.15, -0.1) is 23.1 Å². The van der Waals surface area contributed by atoms with Gasteiger partial charge < -0.3 is 4.98 Å². The number of amides is 1. The third kappa shape index (κ3) is 2.25. The molecule has 1 amide bonds. The maximum Gasteiger partial charge on any atom is 0.305 e. The highest BCUT2D eigenvalue weighted by Gasteiger charge is 2.38. The molecule has 100 valence electrons. The van der Waals surface area contributed by atoms with Gasteiger partial charge in [-0.05, 0) is 11.4 Å². The van der Waals surface area contributed by atoms with Crippen molar-refractivity contribution in [3.8, 4) is 0 Å². The number of thiazole rings is 1. The number of aromatic nitrogens is 1. The fourth-order valence-electron chi connectivity index (χ4n) is 2.22. The third-order valence-electron chi connectivity index (χ3n) is 3.06. The first kappa shape index (κ1) is 12.9. The van der Waals surface area contributed by atoms with Crippen LogP contribution in [0.2, 0.25) is 0 Å². The number of nitrogens with two attached hydrogens (primary N) is 1. The van der Waals surface area contributed by atoms with E-state index in [4.69, 9.17) is 5.84 Å². The van der Waals surface area contributed by atoms with Gasteiger partial charge in [-0.3, -0.25) is 15.0 Å². The molecular formula is C11H11N3O2S3. The van der Waals surface area contributed by atoms with Crippen LogP contribution in [0.3, 0.4) is 0 Å². The van der Waals surface area contributed by atoms with Crippen molar-refractivity contribution >= 4 is 40.3 Å². The van der Waals surface area contributed by atoms with Crippen molar-refractivity contribution in [3.63, 3.8) is 0 Å². The standard InChI is InChI=1S/C11H11N3O2S3/c12-14-9(15)5-4-18-10-8(19-11(16)13-10)7(5)6-2-1-3-17-6/h1-3,5,7H,4,12H2,(H,13,16)(H,14,15)/t5-,7-/m1/s1. The molecule has 8 heteroatoms. The van der Waals surface area contributed by atoms with E-state index in [1.807, 2.05) is 17.5 Å². The lowest BCUT2D eigenvalue weighted by atomic mass is 9.90. The quantitative estimate of drug-likeness (QED) is 0.443. The van der Waals surface area contributed by atoms with Crippen LogP contribution in [0.1, 0.15) is 15.7 Å². The molecular weight excluding hydrogens is 302 g/mol. The second-order valence-electron chi connectivity index (χ2n) is 4.13. The lowest BCUT2D eigenvalue weighted by molar-refractivity contribution is -0.124. The number of aromatic amines is 1. The van der Waals surface area contributed by atoms with Crippen molar-refractivity contribution in [2.75, 3.05) is 5.75 Å². The van der Waals surface area contributed by atoms with Gasteiger partial charge in [-0.2, -0.15) is 0 Å². The van der Waals surface area contributed by atoms with Crippen LogP contribution in [0.25, 0.3) is 0 Å². The highest BCUT2D eigenvalue weighted by molar-refractivity contribution is 7.99. The molecule has 3 heterocycles. The van der Waals surface area contributed by atoms with Gasteiger partial charge >= 0.3 is 4.87 Å². The molecule has 2 atom stereocenters. The van der Waals surface area contributed by atoms with Gasteiger partial charge in [-0.1, -0.05) is 17.4 Å². The fourth-order valence-corrected chi connectivity index (χ4v) is 5.60. The van der Waals surface area contributed by atoms with E-state index >= 15 is 0 Å². The number of thioether (sulfide) groups is 1. The summed E-state index contributed by atoms with van der Waals surface area (Å²) in [5.74, 6) is 5.38. The van der Waals surface area contributed by atoms with Gasteiger partial charge in [0.2, 0.25) is 5.91 Å². The molecule has 0 spiro atoms. The second kappa shape index (κ2) is 5.12. The molecule has 3 rings (SSSR count). The first-order chi connectivity index (χ1) is 9.20. The summed E-state index contributed by atoms with van der Waals surface area (Å²) in [6.07, 6.45) is 0. The van der Waals surface area contributed by atoms with Gasteiger partial charge in [0.25, 0.3) is 0 Å². The van der Waals surface area contributed by atoms with Gasteiger partial charge in [0.05, 0.1) is 10.9 Å². The predicted molar refractivity (Wildman–Crippen MR) is 77.6 cm³/mol. The van der Waals surface area contributed by atoms with Crippen molar-refractivity contribution in [1.82, 2.24) is 10.4 Å². The highest BCUT2D eigenvalue weighted by atomic mass is 32.2. The van der Waals surface area contributed by atoms with Crippen LogP contribution in [0.5, 0.6) is 0 Å². The summed E-state index contributed by atoms with van der Waals surface area (Å²) < 4.78 is 0. The molecule has 0 aliphatic carbocycles. The van der Waals surface area contributed by atoms with Gasteiger partial charge in [-0.25, -0.2) is 5.84 Å². The smallest absolute Gasteiger partial charge is 0.305 e. The number of hydrazine groups is 1. The Morgan fingerprint density at radius 1 is 1.53 bits per heavy atom. The maximum atomic E-state index is 12.0. The fraction of sp³-hybridized carbons (Fsp3) is 0.273. The first-order valence-electron chi connectivity index (χ1n) is 5.60. The maximum absolute atomic E-state index is 12.0. The Labute approximate surface area is 121 Å². The molecule has 4 N–H and O–H groups in total. The van der Waals surface area contributed by atoms with Crippen LogP contribution in [0.4, 0.5) is 0 Å². The molecule has 0 saturated carbocycles. The van der Waals surface area contributed by atoms with Crippen molar-refractivity contribution in [2.24, 2.45) is 11.8 Å². The van der Waals surface area contributed by atoms with Crippen LogP contribution in [0.15, 0.2) is 27.3 Å². The number of hydrogen-bond donors (Lipinski definition) is 3. The Bertz CT molecular complexity index is 646. The molecule has 0 fully saturated rings. The van der Waals surface area contributed by atoms with Crippen molar-refractivity contribution in [3.05, 3.63) is 36.9 Å². The van der Waals surface area contributed by atoms with Crippen molar-refractivity contribution < 1.29 is 4.79 Å². The number of H-pyrrole nitrogens is 1. The highest BCUT2D eigenvalue weighted by Crippen LogP contribution is 2.46. The number of nitrogens with one attached hydrogen (secondary N) is 2. The molecule has 2 aromatic heterocycles. The van der Waals surface area contributed by atoms with E-state index in [0.29, 0.717) is 5.75 Å². The van der Waals surface area contributed by atoms with Gasteiger partial charge in [0.15, 0.2) is 0 Å². The Morgan fingerprint density at radius 2 is 2.37 bits per heavy atom. The molecule has 1 aliphatic heterocycles. The Kier molecular flexibility index (Phi) is 3.48. The third-order valence-corrected chi connectivity index (χ3v) is 6.25. The predicted octanol–water partition coefficient (Wildman–Crippen LogP) is 1.34. The lowest BCUT2D eigenvalue weighted by Gasteiger charge is -2.28. The van der Waals surface area contributed by atoms with E-state index < -0.39 is 0 Å². The van der Waals surface area contributed by atoms with Crippen LogP contribution in [-0.4, -0.2) is 16.6 Å². The zero-order chi connectivity index (χ0) is 13.4. The minimum Gasteiger partial charge on any atom is -0.307 e. The molecule has 2 aromatic rings. The number of thiophene rings is 1. The SMILES string of the molecule is NNC(=O)[C@@H]1CSc2[nH]c(=O)sc2[C@H]1c1cccs1. The summed E-state index contributed by atoms with van der Waals surface area (Å²) >= 11 is 4.28. The molecule has 0 unspecified atom stereocenters. The largest absolute Gasteiger partial charge is 0.307 e.